The molecule has 0 radical (unpaired) electrons. The first-order valence-corrected chi connectivity index (χ1v) is 17.7. The van der Waals surface area contributed by atoms with Gasteiger partial charge in [0.05, 0.1) is 25.2 Å². The highest BCUT2D eigenvalue weighted by Crippen LogP contribution is 2.47. The van der Waals surface area contributed by atoms with Crippen LogP contribution in [0.5, 0.6) is 0 Å². The van der Waals surface area contributed by atoms with Crippen molar-refractivity contribution < 1.29 is 24.2 Å². The van der Waals surface area contributed by atoms with Crippen molar-refractivity contribution in [2.75, 3.05) is 42.9 Å². The molecule has 5 aromatic rings. The van der Waals surface area contributed by atoms with Crippen LogP contribution in [0.1, 0.15) is 63.4 Å². The normalized spacial score (nSPS) is 20.7. The third kappa shape index (κ3) is 8.43. The van der Waals surface area contributed by atoms with E-state index in [1.807, 2.05) is 60.7 Å². The molecule has 0 bridgehead atoms. The molecule has 2 aliphatic heterocycles. The van der Waals surface area contributed by atoms with E-state index in [2.05, 4.69) is 49.4 Å². The van der Waals surface area contributed by atoms with Crippen LogP contribution in [-0.2, 0) is 27.3 Å². The van der Waals surface area contributed by atoms with Gasteiger partial charge in [0.25, 0.3) is 0 Å². The Kier molecular flexibility index (Phi) is 11.1. The largest absolute Gasteiger partial charge is 0.392 e. The molecule has 2 N–H and O–H groups in total. The minimum absolute atomic E-state index is 0.0303. The van der Waals surface area contributed by atoms with Crippen molar-refractivity contribution in [2.24, 2.45) is 0 Å². The number of ether oxygens (including phenoxy) is 2. The summed E-state index contributed by atoms with van der Waals surface area (Å²) in [6.45, 7) is 5.50. The molecule has 1 unspecified atom stereocenters. The maximum absolute atomic E-state index is 12.9. The van der Waals surface area contributed by atoms with Crippen LogP contribution < -0.4 is 10.2 Å². The molecule has 10 heteroatoms. The summed E-state index contributed by atoms with van der Waals surface area (Å²) in [5, 5.41) is 12.7. The Hall–Kier alpha value is -5.26. The summed E-state index contributed by atoms with van der Waals surface area (Å²) in [5.74, 6) is 0.426. The molecule has 0 spiro atoms. The summed E-state index contributed by atoms with van der Waals surface area (Å²) in [4.78, 5) is 38.3. The molecule has 52 heavy (non-hydrogen) atoms. The lowest BCUT2D eigenvalue weighted by Crippen LogP contribution is -2.51. The first-order valence-electron chi connectivity index (χ1n) is 17.7. The average Bonchev–Trinajstić information content (AvgIpc) is 3.19. The molecule has 4 atom stereocenters. The molecule has 2 fully saturated rings. The smallest absolute Gasteiger partial charge is 0.228 e. The Balaban J connectivity index is 1.12. The number of piperazine rings is 1. The van der Waals surface area contributed by atoms with E-state index in [4.69, 9.17) is 9.47 Å². The highest BCUT2D eigenvalue weighted by atomic mass is 16.7. The van der Waals surface area contributed by atoms with Crippen molar-refractivity contribution >= 4 is 23.3 Å². The number of carbonyl (C=O) groups excluding carboxylic acids is 2. The molecule has 3 heterocycles. The third-order valence-electron chi connectivity index (χ3n) is 9.79. The quantitative estimate of drug-likeness (QED) is 0.158. The van der Waals surface area contributed by atoms with E-state index >= 15 is 0 Å². The van der Waals surface area contributed by atoms with E-state index < -0.39 is 6.29 Å². The van der Waals surface area contributed by atoms with Gasteiger partial charge < -0.3 is 24.8 Å². The molecule has 10 nitrogen and oxygen atoms in total. The zero-order valence-corrected chi connectivity index (χ0v) is 29.2. The van der Waals surface area contributed by atoms with Gasteiger partial charge in [0.1, 0.15) is 0 Å². The predicted octanol–water partition coefficient (Wildman–Crippen LogP) is 6.11. The number of nitrogens with zero attached hydrogens (tertiary/aromatic N) is 4. The molecule has 0 aliphatic carbocycles. The average molecular weight is 698 g/mol. The summed E-state index contributed by atoms with van der Waals surface area (Å²) in [5.41, 5.74) is 5.82. The standard InChI is InChI=1S/C42H43N5O5/c1-29(49)35-9-5-10-36(26-35)45-38(50)25-30-11-17-34(18-12-30)41-51-37(27-46-21-23-47(24-22-46)42-43-19-6-20-44-42)39(32-7-3-2-4-8-32)40(52-41)33-15-13-31(28-48)14-16-33/h2-20,26,37,39-41,48H,21-25,27-28H2,1H3,(H,45,50)/t37-,39-,40+,41?/m1/s1. The monoisotopic (exact) mass is 697 g/mol. The lowest BCUT2D eigenvalue weighted by molar-refractivity contribution is -0.263. The number of rotatable bonds is 11. The second kappa shape index (κ2) is 16.4. The van der Waals surface area contributed by atoms with E-state index in [-0.39, 0.29) is 42.8 Å². The van der Waals surface area contributed by atoms with Gasteiger partial charge in [0, 0.05) is 67.8 Å². The SMILES string of the molecule is CC(=O)c1cccc(NC(=O)Cc2ccc(C3O[C@H](CN4CCN(c5ncccn5)CC4)[C@@H](c4ccccc4)[C@H](c4ccc(CO)cc4)O3)cc2)c1. The van der Waals surface area contributed by atoms with E-state index in [1.165, 1.54) is 6.92 Å². The van der Waals surface area contributed by atoms with Crippen LogP contribution >= 0.6 is 0 Å². The van der Waals surface area contributed by atoms with Gasteiger partial charge in [-0.15, -0.1) is 0 Å². The fourth-order valence-electron chi connectivity index (χ4n) is 7.00. The van der Waals surface area contributed by atoms with Crippen molar-refractivity contribution in [3.63, 3.8) is 0 Å². The highest BCUT2D eigenvalue weighted by molar-refractivity contribution is 5.97. The van der Waals surface area contributed by atoms with E-state index in [9.17, 15) is 14.7 Å². The lowest BCUT2D eigenvalue weighted by atomic mass is 9.83. The first kappa shape index (κ1) is 35.2. The van der Waals surface area contributed by atoms with Crippen molar-refractivity contribution in [3.05, 3.63) is 155 Å². The molecule has 2 saturated heterocycles. The summed E-state index contributed by atoms with van der Waals surface area (Å²) < 4.78 is 13.8. The van der Waals surface area contributed by atoms with Gasteiger partial charge in [-0.3, -0.25) is 14.5 Å². The Bertz CT molecular complexity index is 1930. The Morgan fingerprint density at radius 3 is 2.15 bits per heavy atom. The van der Waals surface area contributed by atoms with Crippen molar-refractivity contribution in [1.82, 2.24) is 14.9 Å². The van der Waals surface area contributed by atoms with Gasteiger partial charge in [0.15, 0.2) is 12.1 Å². The van der Waals surface area contributed by atoms with Crippen LogP contribution in [0.2, 0.25) is 0 Å². The number of carbonyl (C=O) groups is 2. The second-order valence-electron chi connectivity index (χ2n) is 13.3. The predicted molar refractivity (Wildman–Crippen MR) is 199 cm³/mol. The van der Waals surface area contributed by atoms with E-state index in [1.54, 1.807) is 36.7 Å². The Labute approximate surface area is 304 Å². The van der Waals surface area contributed by atoms with Crippen LogP contribution in [0.3, 0.4) is 0 Å². The molecule has 7 rings (SSSR count). The van der Waals surface area contributed by atoms with Crippen LogP contribution in [0, 0.1) is 0 Å². The summed E-state index contributed by atoms with van der Waals surface area (Å²) in [6, 6.07) is 35.0. The Morgan fingerprint density at radius 2 is 1.46 bits per heavy atom. The number of hydrogen-bond acceptors (Lipinski definition) is 9. The number of anilines is 2. The maximum atomic E-state index is 12.9. The minimum atomic E-state index is -0.649. The molecule has 0 saturated carbocycles. The summed E-state index contributed by atoms with van der Waals surface area (Å²) in [7, 11) is 0. The van der Waals surface area contributed by atoms with Crippen molar-refractivity contribution in [2.45, 2.75) is 44.4 Å². The van der Waals surface area contributed by atoms with Crippen molar-refractivity contribution in [3.8, 4) is 0 Å². The number of Topliss-reactive ketones (excluding diaryl/α,β-unsaturated/α-hetero) is 1. The third-order valence-corrected chi connectivity index (χ3v) is 9.79. The number of aliphatic hydroxyl groups excluding tert-OH is 1. The molecule has 2 aliphatic rings. The number of aliphatic hydroxyl groups is 1. The van der Waals surface area contributed by atoms with Gasteiger partial charge in [-0.2, -0.15) is 0 Å². The summed E-state index contributed by atoms with van der Waals surface area (Å²) in [6.07, 6.45) is 2.55. The summed E-state index contributed by atoms with van der Waals surface area (Å²) >= 11 is 0. The first-order chi connectivity index (χ1) is 25.4. The number of hydrogen-bond donors (Lipinski definition) is 2. The molecular formula is C42H43N5O5. The van der Waals surface area contributed by atoms with Crippen LogP contribution in [-0.4, -0.2) is 70.5 Å². The molecule has 1 aromatic heterocycles. The number of amides is 1. The fraction of sp³-hybridized carbons (Fsp3) is 0.286. The highest BCUT2D eigenvalue weighted by Gasteiger charge is 2.42. The molecular weight excluding hydrogens is 654 g/mol. The topological polar surface area (TPSA) is 117 Å². The van der Waals surface area contributed by atoms with Crippen LogP contribution in [0.25, 0.3) is 0 Å². The lowest BCUT2D eigenvalue weighted by Gasteiger charge is -2.45. The van der Waals surface area contributed by atoms with Crippen LogP contribution in [0.15, 0.2) is 122 Å². The number of benzene rings is 4. The zero-order chi connectivity index (χ0) is 35.9. The van der Waals surface area contributed by atoms with Gasteiger partial charge in [0.2, 0.25) is 11.9 Å². The number of nitrogens with one attached hydrogen (secondary N) is 1. The molecule has 266 valence electrons. The minimum Gasteiger partial charge on any atom is -0.392 e. The van der Waals surface area contributed by atoms with Crippen LogP contribution in [0.4, 0.5) is 11.6 Å². The van der Waals surface area contributed by atoms with E-state index in [0.29, 0.717) is 17.8 Å². The zero-order valence-electron chi connectivity index (χ0n) is 29.2. The number of ketones is 1. The molecule has 1 amide bonds. The van der Waals surface area contributed by atoms with Gasteiger partial charge >= 0.3 is 0 Å². The van der Waals surface area contributed by atoms with Crippen molar-refractivity contribution in [1.29, 1.82) is 0 Å². The molecule has 4 aromatic carbocycles. The number of aromatic nitrogens is 2. The second-order valence-corrected chi connectivity index (χ2v) is 13.3. The van der Waals surface area contributed by atoms with Gasteiger partial charge in [-0.25, -0.2) is 9.97 Å². The van der Waals surface area contributed by atoms with Gasteiger partial charge in [-0.05, 0) is 47.4 Å². The van der Waals surface area contributed by atoms with Gasteiger partial charge in [-0.1, -0.05) is 91.0 Å². The fourth-order valence-corrected chi connectivity index (χ4v) is 7.00. The Morgan fingerprint density at radius 1 is 0.769 bits per heavy atom. The maximum Gasteiger partial charge on any atom is 0.228 e. The van der Waals surface area contributed by atoms with E-state index in [0.717, 1.165) is 59.9 Å².